The molecule has 3 amide bonds. The Kier molecular flexibility index (Phi) is 9.99. The number of ether oxygens (including phenoxy) is 1. The van der Waals surface area contributed by atoms with Gasteiger partial charge >= 0.3 is 11.9 Å². The molecule has 57 heavy (non-hydrogen) atoms. The normalized spacial score (nSPS) is 20.9. The zero-order chi connectivity index (χ0) is 40.2. The van der Waals surface area contributed by atoms with E-state index in [1.54, 1.807) is 19.2 Å². The quantitative estimate of drug-likeness (QED) is 0.163. The number of nitrogens with zero attached hydrogens (tertiary/aromatic N) is 7. The molecule has 3 aromatic heterocycles. The molecule has 300 valence electrons. The number of pyridine rings is 1. The number of imide groups is 1. The fourth-order valence-corrected chi connectivity index (χ4v) is 8.52. The van der Waals surface area contributed by atoms with Crippen LogP contribution in [0, 0.1) is 11.7 Å². The van der Waals surface area contributed by atoms with Crippen molar-refractivity contribution in [3.8, 4) is 5.75 Å². The van der Waals surface area contributed by atoms with Crippen molar-refractivity contribution in [3.05, 3.63) is 76.4 Å². The van der Waals surface area contributed by atoms with Gasteiger partial charge in [-0.05, 0) is 68.4 Å². The first-order valence-corrected chi connectivity index (χ1v) is 18.9. The molecule has 2 saturated heterocycles. The van der Waals surface area contributed by atoms with Crippen LogP contribution in [0.5, 0.6) is 5.75 Å². The van der Waals surface area contributed by atoms with Crippen LogP contribution in [0.2, 0.25) is 0 Å². The Bertz CT molecular complexity index is 2440. The van der Waals surface area contributed by atoms with Crippen molar-refractivity contribution in [2.45, 2.75) is 56.8 Å². The van der Waals surface area contributed by atoms with Crippen LogP contribution in [0.3, 0.4) is 0 Å². The molecule has 3 aliphatic rings. The van der Waals surface area contributed by atoms with Crippen LogP contribution >= 0.6 is 0 Å². The van der Waals surface area contributed by atoms with Crippen LogP contribution in [-0.4, -0.2) is 86.4 Å². The smallest absolute Gasteiger partial charge is 0.433 e. The molecule has 18 heteroatoms. The molecule has 5 aromatic rings. The average molecular weight is 792 g/mol. The minimum absolute atomic E-state index is 0.118. The van der Waals surface area contributed by atoms with E-state index in [0.29, 0.717) is 71.2 Å². The number of rotatable bonds is 8. The maximum atomic E-state index is 15.6. The standard InChI is InChI=1S/C39H41F4N9O5/c1-48-35-28(52(38(48)56)29-12-13-32(53)46-37(29)55)11-10-26(40)34(35)50-16-14-49(15-17-50)20-22-6-8-25(9-7-22)51-21-23-18-24(19-30(57-2)33(23)47-51)44-36(54)27-4-3-5-31(45-27)39(41,42)43/h3-5,10-11,18-19,21-22,25,29H,6-9,12-17,20H2,1-2H3,(H,44,54)(H,46,53,55)/t22-,25-,29?. The predicted octanol–water partition coefficient (Wildman–Crippen LogP) is 5.03. The van der Waals surface area contributed by atoms with Crippen LogP contribution in [-0.2, 0) is 22.8 Å². The summed E-state index contributed by atoms with van der Waals surface area (Å²) in [5, 5.41) is 10.5. The van der Waals surface area contributed by atoms with Crippen molar-refractivity contribution in [1.82, 2.24) is 34.1 Å². The number of imidazole rings is 1. The first kappa shape index (κ1) is 38.1. The Hall–Kier alpha value is -5.78. The van der Waals surface area contributed by atoms with Crippen molar-refractivity contribution in [2.75, 3.05) is 50.1 Å². The van der Waals surface area contributed by atoms with Crippen LogP contribution in [0.1, 0.15) is 66.8 Å². The number of hydrogen-bond donors (Lipinski definition) is 2. The van der Waals surface area contributed by atoms with Gasteiger partial charge in [0.25, 0.3) is 5.91 Å². The van der Waals surface area contributed by atoms with Crippen LogP contribution < -0.4 is 26.0 Å². The first-order valence-electron chi connectivity index (χ1n) is 18.9. The molecule has 2 N–H and O–H groups in total. The van der Waals surface area contributed by atoms with Crippen LogP contribution in [0.25, 0.3) is 21.9 Å². The van der Waals surface area contributed by atoms with Crippen molar-refractivity contribution in [2.24, 2.45) is 13.0 Å². The van der Waals surface area contributed by atoms with Gasteiger partial charge in [0, 0.05) is 69.5 Å². The molecule has 2 aliphatic heterocycles. The van der Waals surface area contributed by atoms with Gasteiger partial charge in [0.15, 0.2) is 0 Å². The number of aryl methyl sites for hydroxylation is 1. The Morgan fingerprint density at radius 2 is 1.75 bits per heavy atom. The fourth-order valence-electron chi connectivity index (χ4n) is 8.52. The number of piperazine rings is 1. The van der Waals surface area contributed by atoms with Gasteiger partial charge in [0.05, 0.1) is 29.9 Å². The topological polar surface area (TPSA) is 149 Å². The highest BCUT2D eigenvalue weighted by atomic mass is 19.4. The number of aromatic nitrogens is 5. The predicted molar refractivity (Wildman–Crippen MR) is 202 cm³/mol. The Balaban J connectivity index is 0.890. The second-order valence-electron chi connectivity index (χ2n) is 15.0. The summed E-state index contributed by atoms with van der Waals surface area (Å²) in [7, 11) is 3.06. The van der Waals surface area contributed by atoms with E-state index >= 15 is 4.39 Å². The van der Waals surface area contributed by atoms with E-state index in [1.807, 2.05) is 15.8 Å². The molecule has 8 rings (SSSR count). The van der Waals surface area contributed by atoms with Gasteiger partial charge in [0.1, 0.15) is 34.5 Å². The van der Waals surface area contributed by atoms with E-state index in [2.05, 4.69) is 20.5 Å². The number of halogens is 4. The third kappa shape index (κ3) is 7.33. The van der Waals surface area contributed by atoms with Gasteiger partial charge < -0.3 is 15.0 Å². The highest BCUT2D eigenvalue weighted by molar-refractivity contribution is 6.04. The number of nitrogens with one attached hydrogen (secondary N) is 2. The summed E-state index contributed by atoms with van der Waals surface area (Å²) in [5.41, 5.74) is 0.198. The second-order valence-corrected chi connectivity index (χ2v) is 15.0. The maximum Gasteiger partial charge on any atom is 0.433 e. The van der Waals surface area contributed by atoms with Gasteiger partial charge in [-0.25, -0.2) is 14.2 Å². The van der Waals surface area contributed by atoms with Gasteiger partial charge in [-0.15, -0.1) is 0 Å². The number of methoxy groups -OCH3 is 1. The molecule has 0 radical (unpaired) electrons. The molecule has 1 saturated carbocycles. The number of piperidine rings is 1. The third-order valence-corrected chi connectivity index (χ3v) is 11.4. The zero-order valence-electron chi connectivity index (χ0n) is 31.3. The summed E-state index contributed by atoms with van der Waals surface area (Å²) in [4.78, 5) is 58.5. The summed E-state index contributed by atoms with van der Waals surface area (Å²) >= 11 is 0. The maximum absolute atomic E-state index is 15.6. The summed E-state index contributed by atoms with van der Waals surface area (Å²) in [6.45, 7) is 3.44. The average Bonchev–Trinajstić information content (AvgIpc) is 3.73. The first-order chi connectivity index (χ1) is 27.3. The highest BCUT2D eigenvalue weighted by Gasteiger charge is 2.35. The van der Waals surface area contributed by atoms with Gasteiger partial charge in [-0.3, -0.25) is 38.4 Å². The number of fused-ring (bicyclic) bond motifs is 2. The molecule has 1 atom stereocenters. The molecule has 5 heterocycles. The minimum Gasteiger partial charge on any atom is -0.494 e. The number of amides is 3. The van der Waals surface area contributed by atoms with E-state index in [-0.39, 0.29) is 30.5 Å². The van der Waals surface area contributed by atoms with Gasteiger partial charge in [-0.1, -0.05) is 6.07 Å². The number of alkyl halides is 3. The lowest BCUT2D eigenvalue weighted by atomic mass is 9.85. The molecule has 0 spiro atoms. The van der Waals surface area contributed by atoms with E-state index in [9.17, 15) is 32.3 Å². The van der Waals surface area contributed by atoms with E-state index < -0.39 is 41.2 Å². The largest absolute Gasteiger partial charge is 0.494 e. The fraction of sp³-hybridized carbons (Fsp3) is 0.436. The molecular weight excluding hydrogens is 750 g/mol. The molecule has 3 fully saturated rings. The van der Waals surface area contributed by atoms with Crippen LogP contribution in [0.15, 0.2) is 53.5 Å². The third-order valence-electron chi connectivity index (χ3n) is 11.4. The number of benzene rings is 2. The second kappa shape index (κ2) is 14.9. The summed E-state index contributed by atoms with van der Waals surface area (Å²) in [5.74, 6) is -1.27. The Morgan fingerprint density at radius 1 is 1.00 bits per heavy atom. The summed E-state index contributed by atoms with van der Waals surface area (Å²) < 4.78 is 65.3. The molecule has 1 unspecified atom stereocenters. The van der Waals surface area contributed by atoms with E-state index in [1.165, 1.54) is 34.4 Å². The Morgan fingerprint density at radius 3 is 2.46 bits per heavy atom. The van der Waals surface area contributed by atoms with Crippen molar-refractivity contribution >= 4 is 51.0 Å². The molecule has 0 bridgehead atoms. The number of anilines is 2. The Labute approximate surface area is 323 Å². The van der Waals surface area contributed by atoms with E-state index in [4.69, 9.17) is 9.84 Å². The number of carbonyl (C=O) groups is 3. The highest BCUT2D eigenvalue weighted by Crippen LogP contribution is 2.37. The number of hydrogen-bond acceptors (Lipinski definition) is 9. The van der Waals surface area contributed by atoms with Crippen LogP contribution in [0.4, 0.5) is 28.9 Å². The van der Waals surface area contributed by atoms with Crippen molar-refractivity contribution in [3.63, 3.8) is 0 Å². The lowest BCUT2D eigenvalue weighted by Gasteiger charge is -2.39. The zero-order valence-corrected chi connectivity index (χ0v) is 31.3. The van der Waals surface area contributed by atoms with E-state index in [0.717, 1.165) is 44.4 Å². The molecule has 14 nitrogen and oxygen atoms in total. The minimum atomic E-state index is -4.68. The SMILES string of the molecule is COc1cc(NC(=O)c2cccc(C(F)(F)F)n2)cc2cn([C@H]3CC[C@H](CN4CCN(c5c(F)ccc6c5n(C)c(=O)n6C5CCC(=O)NC5=O)CC4)CC3)nc12. The lowest BCUT2D eigenvalue weighted by molar-refractivity contribution is -0.141. The monoisotopic (exact) mass is 791 g/mol. The molecule has 1 aliphatic carbocycles. The van der Waals surface area contributed by atoms with Gasteiger partial charge in [-0.2, -0.15) is 18.3 Å². The number of carbonyl (C=O) groups excluding carboxylic acids is 3. The summed E-state index contributed by atoms with van der Waals surface area (Å²) in [6, 6.07) is 8.60. The van der Waals surface area contributed by atoms with Crippen molar-refractivity contribution in [1.29, 1.82) is 0 Å². The molecular formula is C39H41F4N9O5. The van der Waals surface area contributed by atoms with Gasteiger partial charge in [0.2, 0.25) is 11.8 Å². The van der Waals surface area contributed by atoms with Crippen molar-refractivity contribution < 1.29 is 36.7 Å². The lowest BCUT2D eigenvalue weighted by Crippen LogP contribution is -2.48. The summed E-state index contributed by atoms with van der Waals surface area (Å²) in [6.07, 6.45) is 1.29. The molecule has 2 aromatic carbocycles.